The largest absolute Gasteiger partial charge is 0.472 e. The van der Waals surface area contributed by atoms with Crippen molar-refractivity contribution in [1.29, 1.82) is 0 Å². The summed E-state index contributed by atoms with van der Waals surface area (Å²) in [6.45, 7) is 3.50. The fourth-order valence-electron chi connectivity index (χ4n) is 6.07. The number of carbonyl (C=O) groups excluding carboxylic acids is 2. The zero-order valence-corrected chi connectivity index (χ0v) is 36.7. The average molecular weight is 810 g/mol. The Morgan fingerprint density at radius 3 is 1.48 bits per heavy atom. The molecule has 9 nitrogen and oxygen atoms in total. The number of hydrogen-bond acceptors (Lipinski definition) is 7. The van der Waals surface area contributed by atoms with Gasteiger partial charge in [0, 0.05) is 19.4 Å². The van der Waals surface area contributed by atoms with Crippen molar-refractivity contribution in [2.75, 3.05) is 26.4 Å². The van der Waals surface area contributed by atoms with Crippen LogP contribution in [-0.2, 0) is 27.9 Å². The predicted molar refractivity (Wildman–Crippen MR) is 234 cm³/mol. The molecule has 0 aliphatic heterocycles. The topological polar surface area (TPSA) is 131 Å². The molecule has 0 aliphatic rings. The Labute approximate surface area is 343 Å². The van der Waals surface area contributed by atoms with Gasteiger partial charge in [0.15, 0.2) is 0 Å². The van der Waals surface area contributed by atoms with Gasteiger partial charge in [0.2, 0.25) is 5.91 Å². The van der Waals surface area contributed by atoms with E-state index >= 15 is 0 Å². The van der Waals surface area contributed by atoms with Gasteiger partial charge in [-0.1, -0.05) is 178 Å². The van der Waals surface area contributed by atoms with Crippen LogP contribution in [0.1, 0.15) is 200 Å². The smallest absolute Gasteiger partial charge is 0.463 e. The molecule has 3 N–H and O–H groups in total. The van der Waals surface area contributed by atoms with Crippen LogP contribution in [0.2, 0.25) is 0 Å². The summed E-state index contributed by atoms with van der Waals surface area (Å²) < 4.78 is 26.9. The fourth-order valence-corrected chi connectivity index (χ4v) is 6.83. The molecular weight excluding hydrogens is 725 g/mol. The predicted octanol–water partition coefficient (Wildman–Crippen LogP) is 12.7. The van der Waals surface area contributed by atoms with E-state index in [1.54, 1.807) is 0 Å². The van der Waals surface area contributed by atoms with Crippen LogP contribution in [0.15, 0.2) is 48.6 Å². The van der Waals surface area contributed by atoms with Gasteiger partial charge in [-0.2, -0.15) is 0 Å². The highest BCUT2D eigenvalue weighted by atomic mass is 31.2. The van der Waals surface area contributed by atoms with E-state index in [0.717, 1.165) is 57.8 Å². The molecule has 0 spiro atoms. The lowest BCUT2D eigenvalue weighted by Gasteiger charge is -2.15. The highest BCUT2D eigenvalue weighted by Crippen LogP contribution is 2.42. The van der Waals surface area contributed by atoms with Gasteiger partial charge in [-0.25, -0.2) is 4.57 Å². The first kappa shape index (κ1) is 54.0. The molecule has 0 heterocycles. The standard InChI is InChI=1S/C46H84NO8P/c1-3-5-7-9-11-13-15-17-19-21-22-23-25-27-29-31-33-35-37-39-46(50)53-42-44(48)43-55-56(51,52)54-41-40-47-45(49)38-36-34-32-30-28-26-24-20-18-16-14-12-10-8-6-4-2/h11,13,17,19,22-23,27,29,44,48H,3-10,12,14-16,18,20-21,24-26,28,30-43H2,1-2H3,(H,47,49)(H,51,52)/b13-11-,19-17-,23-22-,29-27-. The molecule has 0 aromatic rings. The number of unbranched alkanes of at least 4 members (excludes halogenated alkanes) is 21. The third kappa shape index (κ3) is 43.1. The summed E-state index contributed by atoms with van der Waals surface area (Å²) in [5.74, 6) is -0.545. The average Bonchev–Trinajstić information content (AvgIpc) is 3.18. The van der Waals surface area contributed by atoms with Gasteiger partial charge in [-0.3, -0.25) is 18.6 Å². The zero-order chi connectivity index (χ0) is 41.1. The van der Waals surface area contributed by atoms with Crippen molar-refractivity contribution in [2.24, 2.45) is 0 Å². The quantitative estimate of drug-likeness (QED) is 0.0240. The van der Waals surface area contributed by atoms with Crippen LogP contribution < -0.4 is 5.32 Å². The van der Waals surface area contributed by atoms with Crippen molar-refractivity contribution in [3.8, 4) is 0 Å². The number of esters is 1. The molecule has 10 heteroatoms. The molecule has 0 fully saturated rings. The lowest BCUT2D eigenvalue weighted by molar-refractivity contribution is -0.147. The maximum atomic E-state index is 12.1. The monoisotopic (exact) mass is 810 g/mol. The highest BCUT2D eigenvalue weighted by molar-refractivity contribution is 7.47. The van der Waals surface area contributed by atoms with Gasteiger partial charge in [0.05, 0.1) is 13.2 Å². The molecule has 0 aromatic carbocycles. The van der Waals surface area contributed by atoms with Gasteiger partial charge >= 0.3 is 13.8 Å². The Morgan fingerprint density at radius 2 is 0.964 bits per heavy atom. The van der Waals surface area contributed by atoms with Crippen LogP contribution in [-0.4, -0.2) is 54.3 Å². The van der Waals surface area contributed by atoms with Crippen LogP contribution in [0.5, 0.6) is 0 Å². The number of phosphoric ester groups is 1. The number of amides is 1. The molecule has 0 bridgehead atoms. The maximum Gasteiger partial charge on any atom is 0.472 e. The first-order valence-corrected chi connectivity index (χ1v) is 24.1. The number of carbonyl (C=O) groups is 2. The van der Waals surface area contributed by atoms with Crippen LogP contribution in [0, 0.1) is 0 Å². The van der Waals surface area contributed by atoms with Crippen molar-refractivity contribution >= 4 is 19.7 Å². The molecule has 0 radical (unpaired) electrons. The summed E-state index contributed by atoms with van der Waals surface area (Å²) in [6.07, 6.45) is 48.9. The Morgan fingerprint density at radius 1 is 0.554 bits per heavy atom. The van der Waals surface area contributed by atoms with Gasteiger partial charge < -0.3 is 20.1 Å². The number of nitrogens with one attached hydrogen (secondary N) is 1. The minimum Gasteiger partial charge on any atom is -0.463 e. The van der Waals surface area contributed by atoms with Crippen LogP contribution in [0.4, 0.5) is 0 Å². The zero-order valence-electron chi connectivity index (χ0n) is 35.8. The summed E-state index contributed by atoms with van der Waals surface area (Å²) in [7, 11) is -4.42. The summed E-state index contributed by atoms with van der Waals surface area (Å²) >= 11 is 0. The third-order valence-corrected chi connectivity index (χ3v) is 10.5. The molecule has 1 amide bonds. The summed E-state index contributed by atoms with van der Waals surface area (Å²) in [4.78, 5) is 33.9. The van der Waals surface area contributed by atoms with Crippen molar-refractivity contribution in [3.63, 3.8) is 0 Å². The lowest BCUT2D eigenvalue weighted by Crippen LogP contribution is -2.27. The Kier molecular flexibility index (Phi) is 41.0. The lowest BCUT2D eigenvalue weighted by atomic mass is 10.0. The molecule has 2 atom stereocenters. The normalized spacial score (nSPS) is 13.7. The Balaban J connectivity index is 3.64. The first-order chi connectivity index (χ1) is 27.3. The number of allylic oxidation sites excluding steroid dienone is 8. The number of aliphatic hydroxyl groups excluding tert-OH is 1. The van der Waals surface area contributed by atoms with Gasteiger partial charge in [-0.15, -0.1) is 0 Å². The molecule has 0 aliphatic carbocycles. The molecule has 0 saturated carbocycles. The Hall–Kier alpha value is -2.03. The minimum absolute atomic E-state index is 0.0787. The second-order valence-corrected chi connectivity index (χ2v) is 16.5. The van der Waals surface area contributed by atoms with E-state index in [4.69, 9.17) is 13.8 Å². The second kappa shape index (κ2) is 42.6. The van der Waals surface area contributed by atoms with Crippen LogP contribution in [0.3, 0.4) is 0 Å². The van der Waals surface area contributed by atoms with Crippen LogP contribution in [0.25, 0.3) is 0 Å². The molecule has 326 valence electrons. The molecule has 2 unspecified atom stereocenters. The second-order valence-electron chi connectivity index (χ2n) is 15.0. The number of rotatable bonds is 42. The number of hydrogen-bond donors (Lipinski definition) is 3. The first-order valence-electron chi connectivity index (χ1n) is 22.6. The minimum atomic E-state index is -4.42. The van der Waals surface area contributed by atoms with Gasteiger partial charge in [-0.05, 0) is 57.8 Å². The summed E-state index contributed by atoms with van der Waals surface area (Å²) in [5, 5.41) is 12.7. The van der Waals surface area contributed by atoms with Crippen LogP contribution >= 0.6 is 7.82 Å². The van der Waals surface area contributed by atoms with Crippen molar-refractivity contribution in [3.05, 3.63) is 48.6 Å². The maximum absolute atomic E-state index is 12.1. The highest BCUT2D eigenvalue weighted by Gasteiger charge is 2.23. The molecule has 56 heavy (non-hydrogen) atoms. The molecule has 0 aromatic heterocycles. The number of aliphatic hydroxyl groups is 1. The summed E-state index contributed by atoms with van der Waals surface area (Å²) in [6, 6.07) is 0. The van der Waals surface area contributed by atoms with E-state index in [2.05, 4.69) is 67.8 Å². The fraction of sp³-hybridized carbons (Fsp3) is 0.783. The van der Waals surface area contributed by atoms with E-state index in [-0.39, 0.29) is 32.1 Å². The summed E-state index contributed by atoms with van der Waals surface area (Å²) in [5.41, 5.74) is 0. The van der Waals surface area contributed by atoms with E-state index in [9.17, 15) is 24.2 Å². The van der Waals surface area contributed by atoms with Crippen molar-refractivity contribution in [2.45, 2.75) is 206 Å². The van der Waals surface area contributed by atoms with E-state index in [1.807, 2.05) is 0 Å². The van der Waals surface area contributed by atoms with Crippen molar-refractivity contribution < 1.29 is 37.9 Å². The van der Waals surface area contributed by atoms with E-state index < -0.39 is 26.5 Å². The molecular formula is C46H84NO8P. The van der Waals surface area contributed by atoms with Gasteiger partial charge in [0.1, 0.15) is 12.7 Å². The van der Waals surface area contributed by atoms with E-state index in [1.165, 1.54) is 109 Å². The number of phosphoric acid groups is 1. The number of ether oxygens (including phenoxy) is 1. The molecule has 0 rings (SSSR count). The molecule has 0 saturated heterocycles. The van der Waals surface area contributed by atoms with E-state index in [0.29, 0.717) is 12.8 Å². The van der Waals surface area contributed by atoms with Gasteiger partial charge in [0.25, 0.3) is 0 Å². The third-order valence-electron chi connectivity index (χ3n) is 9.51. The SMILES string of the molecule is CCCCC/C=C\C/C=C\C/C=C\C/C=C\CCCCCC(=O)OCC(O)COP(=O)(O)OCCNC(=O)CCCCCCCCCCCCCCCCCC. The van der Waals surface area contributed by atoms with Crippen molar-refractivity contribution in [1.82, 2.24) is 5.32 Å². The Bertz CT molecular complexity index is 1060.